The van der Waals surface area contributed by atoms with E-state index in [0.29, 0.717) is 5.39 Å². The third kappa shape index (κ3) is 3.06. The first kappa shape index (κ1) is 20.1. The molecule has 156 valence electrons. The van der Waals surface area contributed by atoms with Gasteiger partial charge in [-0.15, -0.1) is 0 Å². The van der Waals surface area contributed by atoms with Gasteiger partial charge in [0.05, 0.1) is 32.3 Å². The lowest BCUT2D eigenvalue weighted by Gasteiger charge is -2.11. The summed E-state index contributed by atoms with van der Waals surface area (Å²) < 4.78 is 53.2. The topological polar surface area (TPSA) is 114 Å². The molecule has 0 aliphatic heterocycles. The Labute approximate surface area is 171 Å². The number of sulfone groups is 1. The molecular formula is C18H12ClF2N3O5S. The SMILES string of the molecule is O=c1[nH]c2c(S(=O)(=O)c3ccc4ccn(CC(F)F)c4c3)ccc(Cl)c2c(=O)n1O. The molecule has 2 N–H and O–H groups in total. The van der Waals surface area contributed by atoms with Gasteiger partial charge >= 0.3 is 5.69 Å². The Hall–Kier alpha value is -3.18. The maximum atomic E-state index is 13.3. The van der Waals surface area contributed by atoms with Crippen LogP contribution in [-0.2, 0) is 16.4 Å². The second-order valence-corrected chi connectivity index (χ2v) is 8.75. The molecule has 30 heavy (non-hydrogen) atoms. The van der Waals surface area contributed by atoms with Gasteiger partial charge in [-0.1, -0.05) is 22.4 Å². The number of aromatic nitrogens is 3. The summed E-state index contributed by atoms with van der Waals surface area (Å²) in [5.41, 5.74) is -2.52. The van der Waals surface area contributed by atoms with Gasteiger partial charge in [-0.25, -0.2) is 22.0 Å². The number of alkyl halides is 2. The maximum Gasteiger partial charge on any atom is 0.362 e. The van der Waals surface area contributed by atoms with Gasteiger partial charge in [0, 0.05) is 11.7 Å². The minimum absolute atomic E-state index is 0.172. The average Bonchev–Trinajstić information content (AvgIpc) is 3.07. The zero-order valence-corrected chi connectivity index (χ0v) is 16.4. The second kappa shape index (κ2) is 6.96. The lowest BCUT2D eigenvalue weighted by molar-refractivity contribution is 0.128. The standard InChI is InChI=1S/C18H12ClF2N3O5S/c19-11-3-4-13(16-15(11)17(25)24(27)18(26)22-16)30(28,29)10-2-1-9-5-6-23(8-14(20)21)12(9)7-10/h1-7,14,27H,8H2,(H,22,26). The number of nitrogens with zero attached hydrogens (tertiary/aromatic N) is 2. The molecule has 8 nitrogen and oxygen atoms in total. The molecule has 4 rings (SSSR count). The van der Waals surface area contributed by atoms with Gasteiger partial charge in [0.15, 0.2) is 0 Å². The summed E-state index contributed by atoms with van der Waals surface area (Å²) in [6, 6.07) is 7.82. The van der Waals surface area contributed by atoms with Gasteiger partial charge < -0.3 is 14.8 Å². The average molecular weight is 456 g/mol. The molecule has 0 aliphatic rings. The lowest BCUT2D eigenvalue weighted by atomic mass is 10.2. The Morgan fingerprint density at radius 1 is 1.13 bits per heavy atom. The smallest absolute Gasteiger partial charge is 0.362 e. The molecule has 2 aromatic carbocycles. The number of hydrogen-bond acceptors (Lipinski definition) is 5. The van der Waals surface area contributed by atoms with Crippen molar-refractivity contribution in [3.05, 3.63) is 68.5 Å². The van der Waals surface area contributed by atoms with E-state index >= 15 is 0 Å². The van der Waals surface area contributed by atoms with Crippen LogP contribution in [0, 0.1) is 0 Å². The second-order valence-electron chi connectivity index (χ2n) is 6.43. The van der Waals surface area contributed by atoms with Crippen molar-refractivity contribution in [3.63, 3.8) is 0 Å². The molecule has 0 bridgehead atoms. The number of H-pyrrole nitrogens is 1. The van der Waals surface area contributed by atoms with Crippen LogP contribution in [-0.4, -0.2) is 34.3 Å². The van der Waals surface area contributed by atoms with Crippen LogP contribution < -0.4 is 11.2 Å². The van der Waals surface area contributed by atoms with E-state index in [1.165, 1.54) is 29.0 Å². The highest BCUT2D eigenvalue weighted by Gasteiger charge is 2.25. The first-order valence-electron chi connectivity index (χ1n) is 8.40. The first-order chi connectivity index (χ1) is 14.1. The molecule has 12 heteroatoms. The third-order valence-electron chi connectivity index (χ3n) is 4.63. The number of rotatable bonds is 4. The summed E-state index contributed by atoms with van der Waals surface area (Å²) in [4.78, 5) is 25.5. The van der Waals surface area contributed by atoms with Crippen molar-refractivity contribution in [1.29, 1.82) is 0 Å². The van der Waals surface area contributed by atoms with E-state index in [2.05, 4.69) is 4.98 Å². The van der Waals surface area contributed by atoms with E-state index in [1.807, 2.05) is 0 Å². The zero-order valence-electron chi connectivity index (χ0n) is 14.8. The highest BCUT2D eigenvalue weighted by molar-refractivity contribution is 7.91. The highest BCUT2D eigenvalue weighted by Crippen LogP contribution is 2.31. The fourth-order valence-corrected chi connectivity index (χ4v) is 4.91. The van der Waals surface area contributed by atoms with Crippen LogP contribution in [0.25, 0.3) is 21.8 Å². The van der Waals surface area contributed by atoms with Crippen molar-refractivity contribution >= 4 is 43.2 Å². The predicted molar refractivity (Wildman–Crippen MR) is 104 cm³/mol. The van der Waals surface area contributed by atoms with Crippen molar-refractivity contribution in [3.8, 4) is 0 Å². The maximum absolute atomic E-state index is 13.3. The number of aromatic amines is 1. The van der Waals surface area contributed by atoms with E-state index in [1.54, 1.807) is 6.07 Å². The number of nitrogens with one attached hydrogen (secondary N) is 1. The van der Waals surface area contributed by atoms with E-state index in [9.17, 15) is 32.0 Å². The molecule has 0 radical (unpaired) electrons. The Morgan fingerprint density at radius 3 is 2.57 bits per heavy atom. The molecule has 2 heterocycles. The van der Waals surface area contributed by atoms with Crippen LogP contribution in [0.3, 0.4) is 0 Å². The number of benzene rings is 2. The fourth-order valence-electron chi connectivity index (χ4n) is 3.24. The number of hydrogen-bond donors (Lipinski definition) is 2. The summed E-state index contributed by atoms with van der Waals surface area (Å²) >= 11 is 5.97. The van der Waals surface area contributed by atoms with Crippen LogP contribution in [0.2, 0.25) is 5.02 Å². The van der Waals surface area contributed by atoms with E-state index in [4.69, 9.17) is 11.6 Å². The Bertz CT molecular complexity index is 1540. The molecule has 0 saturated carbocycles. The number of fused-ring (bicyclic) bond motifs is 2. The zero-order chi connectivity index (χ0) is 21.8. The van der Waals surface area contributed by atoms with Crippen LogP contribution in [0.4, 0.5) is 8.78 Å². The third-order valence-corrected chi connectivity index (χ3v) is 6.74. The fraction of sp³-hybridized carbons (Fsp3) is 0.111. The van der Waals surface area contributed by atoms with E-state index in [0.717, 1.165) is 12.1 Å². The van der Waals surface area contributed by atoms with Crippen LogP contribution in [0.1, 0.15) is 0 Å². The monoisotopic (exact) mass is 455 g/mol. The molecule has 0 amide bonds. The largest absolute Gasteiger partial charge is 0.421 e. The van der Waals surface area contributed by atoms with Crippen molar-refractivity contribution in [2.45, 2.75) is 22.8 Å². The predicted octanol–water partition coefficient (Wildman–Crippen LogP) is 2.63. The van der Waals surface area contributed by atoms with Gasteiger partial charge in [0.1, 0.15) is 0 Å². The van der Waals surface area contributed by atoms with Crippen LogP contribution >= 0.6 is 11.6 Å². The highest BCUT2D eigenvalue weighted by atomic mass is 35.5. The summed E-state index contributed by atoms with van der Waals surface area (Å²) in [5, 5.41) is 9.53. The first-order valence-corrected chi connectivity index (χ1v) is 10.3. The van der Waals surface area contributed by atoms with Crippen LogP contribution in [0.5, 0.6) is 0 Å². The molecule has 0 atom stereocenters. The number of halogens is 3. The molecule has 0 saturated heterocycles. The van der Waals surface area contributed by atoms with Gasteiger partial charge in [0.2, 0.25) is 9.84 Å². The summed E-state index contributed by atoms with van der Waals surface area (Å²) in [7, 11) is -4.30. The molecule has 0 fully saturated rings. The van der Waals surface area contributed by atoms with Crippen molar-refractivity contribution < 1.29 is 22.4 Å². The molecule has 0 unspecified atom stereocenters. The molecular weight excluding hydrogens is 444 g/mol. The summed E-state index contributed by atoms with van der Waals surface area (Å²) in [6.07, 6.45) is -1.21. The van der Waals surface area contributed by atoms with Crippen molar-refractivity contribution in [2.75, 3.05) is 0 Å². The lowest BCUT2D eigenvalue weighted by Crippen LogP contribution is -2.33. The minimum Gasteiger partial charge on any atom is -0.421 e. The Kier molecular flexibility index (Phi) is 4.66. The van der Waals surface area contributed by atoms with Gasteiger partial charge in [-0.2, -0.15) is 0 Å². The van der Waals surface area contributed by atoms with Gasteiger partial charge in [0.25, 0.3) is 12.0 Å². The van der Waals surface area contributed by atoms with Gasteiger partial charge in [-0.3, -0.25) is 4.79 Å². The normalized spacial score (nSPS) is 12.3. The quantitative estimate of drug-likeness (QED) is 0.459. The van der Waals surface area contributed by atoms with Crippen LogP contribution in [0.15, 0.2) is 62.0 Å². The summed E-state index contributed by atoms with van der Waals surface area (Å²) in [6.45, 7) is -0.611. The van der Waals surface area contributed by atoms with E-state index < -0.39 is 39.0 Å². The van der Waals surface area contributed by atoms with Gasteiger partial charge in [-0.05, 0) is 35.7 Å². The Morgan fingerprint density at radius 2 is 1.87 bits per heavy atom. The van der Waals surface area contributed by atoms with E-state index in [-0.39, 0.29) is 31.1 Å². The minimum atomic E-state index is -4.30. The Balaban J connectivity index is 1.99. The molecule has 4 aromatic rings. The molecule has 0 spiro atoms. The molecule has 0 aliphatic carbocycles. The van der Waals surface area contributed by atoms with Crippen molar-refractivity contribution in [2.24, 2.45) is 0 Å². The summed E-state index contributed by atoms with van der Waals surface area (Å²) in [5.74, 6) is 0. The van der Waals surface area contributed by atoms with Crippen molar-refractivity contribution in [1.82, 2.24) is 14.3 Å². The molecule has 2 aromatic heterocycles.